The SMILES string of the molecule is CCn1cc(C(=O)/C=C\c2cccc(O[C@@H](C)C(=O)O)c2)cn1. The molecule has 0 spiro atoms. The number of carbonyl (C=O) groups is 2. The highest BCUT2D eigenvalue weighted by Gasteiger charge is 2.12. The molecule has 2 aromatic rings. The molecule has 120 valence electrons. The molecular weight excluding hydrogens is 296 g/mol. The molecule has 2 rings (SSSR count). The lowest BCUT2D eigenvalue weighted by molar-refractivity contribution is -0.144. The van der Waals surface area contributed by atoms with Crippen molar-refractivity contribution in [2.24, 2.45) is 0 Å². The topological polar surface area (TPSA) is 81.4 Å². The number of benzene rings is 1. The molecule has 0 fully saturated rings. The molecule has 0 aliphatic carbocycles. The second kappa shape index (κ2) is 7.40. The molecule has 1 heterocycles. The molecule has 23 heavy (non-hydrogen) atoms. The molecule has 6 nitrogen and oxygen atoms in total. The van der Waals surface area contributed by atoms with E-state index in [1.165, 1.54) is 19.2 Å². The Balaban J connectivity index is 2.07. The fraction of sp³-hybridized carbons (Fsp3) is 0.235. The van der Waals surface area contributed by atoms with E-state index in [0.29, 0.717) is 17.9 Å². The maximum atomic E-state index is 12.1. The monoisotopic (exact) mass is 314 g/mol. The summed E-state index contributed by atoms with van der Waals surface area (Å²) >= 11 is 0. The third-order valence-electron chi connectivity index (χ3n) is 3.19. The van der Waals surface area contributed by atoms with Crippen LogP contribution >= 0.6 is 0 Å². The Morgan fingerprint density at radius 3 is 2.87 bits per heavy atom. The van der Waals surface area contributed by atoms with Crippen molar-refractivity contribution in [2.45, 2.75) is 26.5 Å². The second-order valence-corrected chi connectivity index (χ2v) is 4.95. The average molecular weight is 314 g/mol. The van der Waals surface area contributed by atoms with Crippen molar-refractivity contribution in [3.05, 3.63) is 53.9 Å². The summed E-state index contributed by atoms with van der Waals surface area (Å²) in [6, 6.07) is 6.89. The number of carboxylic acids is 1. The van der Waals surface area contributed by atoms with Gasteiger partial charge in [0.25, 0.3) is 0 Å². The van der Waals surface area contributed by atoms with Crippen molar-refractivity contribution in [1.82, 2.24) is 9.78 Å². The van der Waals surface area contributed by atoms with Crippen LogP contribution in [0.2, 0.25) is 0 Å². The van der Waals surface area contributed by atoms with E-state index in [1.54, 1.807) is 41.2 Å². The lowest BCUT2D eigenvalue weighted by Gasteiger charge is -2.10. The number of rotatable bonds is 7. The van der Waals surface area contributed by atoms with E-state index in [1.807, 2.05) is 6.92 Å². The lowest BCUT2D eigenvalue weighted by atomic mass is 10.1. The predicted molar refractivity (Wildman–Crippen MR) is 85.4 cm³/mol. The Morgan fingerprint density at radius 2 is 2.22 bits per heavy atom. The molecule has 0 saturated heterocycles. The van der Waals surface area contributed by atoms with E-state index >= 15 is 0 Å². The molecule has 0 unspecified atom stereocenters. The molecule has 6 heteroatoms. The van der Waals surface area contributed by atoms with Gasteiger partial charge in [-0.1, -0.05) is 18.2 Å². The number of carboxylic acid groups (broad SMARTS) is 1. The number of nitrogens with zero attached hydrogens (tertiary/aromatic N) is 2. The van der Waals surface area contributed by atoms with Gasteiger partial charge in [0.2, 0.25) is 0 Å². The minimum Gasteiger partial charge on any atom is -0.479 e. The van der Waals surface area contributed by atoms with Crippen LogP contribution in [0.25, 0.3) is 6.08 Å². The first-order chi connectivity index (χ1) is 11.0. The second-order valence-electron chi connectivity index (χ2n) is 4.95. The quantitative estimate of drug-likeness (QED) is 0.627. The van der Waals surface area contributed by atoms with Gasteiger partial charge in [-0.15, -0.1) is 0 Å². The first kappa shape index (κ1) is 16.5. The Bertz CT molecular complexity index is 734. The highest BCUT2D eigenvalue weighted by Crippen LogP contribution is 2.16. The van der Waals surface area contributed by atoms with Gasteiger partial charge in [-0.2, -0.15) is 5.10 Å². The summed E-state index contributed by atoms with van der Waals surface area (Å²) in [7, 11) is 0. The number of aryl methyl sites for hydroxylation is 1. The van der Waals surface area contributed by atoms with Crippen molar-refractivity contribution in [2.75, 3.05) is 0 Å². The van der Waals surface area contributed by atoms with Gasteiger partial charge >= 0.3 is 5.97 Å². The fourth-order valence-corrected chi connectivity index (χ4v) is 1.88. The summed E-state index contributed by atoms with van der Waals surface area (Å²) in [6.07, 6.45) is 5.40. The summed E-state index contributed by atoms with van der Waals surface area (Å²) in [5.74, 6) is -0.739. The van der Waals surface area contributed by atoms with Gasteiger partial charge in [0.15, 0.2) is 11.9 Å². The zero-order valence-corrected chi connectivity index (χ0v) is 13.0. The van der Waals surface area contributed by atoms with E-state index in [0.717, 1.165) is 5.56 Å². The van der Waals surface area contributed by atoms with Gasteiger partial charge in [-0.05, 0) is 37.6 Å². The molecule has 0 amide bonds. The summed E-state index contributed by atoms with van der Waals surface area (Å²) in [5, 5.41) is 12.9. The number of ether oxygens (including phenoxy) is 1. The van der Waals surface area contributed by atoms with Gasteiger partial charge in [0.1, 0.15) is 5.75 Å². The van der Waals surface area contributed by atoms with E-state index in [9.17, 15) is 9.59 Å². The van der Waals surface area contributed by atoms with E-state index < -0.39 is 12.1 Å². The Kier molecular flexibility index (Phi) is 5.30. The van der Waals surface area contributed by atoms with Crippen LogP contribution in [-0.2, 0) is 11.3 Å². The third-order valence-corrected chi connectivity index (χ3v) is 3.19. The van der Waals surface area contributed by atoms with Crippen molar-refractivity contribution in [3.8, 4) is 5.75 Å². The van der Waals surface area contributed by atoms with Crippen LogP contribution in [0.15, 0.2) is 42.7 Å². The maximum absolute atomic E-state index is 12.1. The van der Waals surface area contributed by atoms with Gasteiger partial charge in [0, 0.05) is 12.7 Å². The molecule has 0 radical (unpaired) electrons. The standard InChI is InChI=1S/C17H18N2O4/c1-3-19-11-14(10-18-19)16(20)8-7-13-5-4-6-15(9-13)23-12(2)17(21)22/h4-12H,3H2,1-2H3,(H,21,22)/b8-7-/t12-/m0/s1. The molecule has 0 bridgehead atoms. The summed E-state index contributed by atoms with van der Waals surface area (Å²) < 4.78 is 6.98. The fourth-order valence-electron chi connectivity index (χ4n) is 1.88. The minimum atomic E-state index is -1.03. The Labute approximate surface area is 134 Å². The first-order valence-electron chi connectivity index (χ1n) is 7.24. The van der Waals surface area contributed by atoms with E-state index in [-0.39, 0.29) is 5.78 Å². The highest BCUT2D eigenvalue weighted by atomic mass is 16.5. The van der Waals surface area contributed by atoms with Crippen molar-refractivity contribution >= 4 is 17.8 Å². The minimum absolute atomic E-state index is 0.144. The number of ketones is 1. The van der Waals surface area contributed by atoms with Gasteiger partial charge in [-0.3, -0.25) is 9.48 Å². The van der Waals surface area contributed by atoms with E-state index in [4.69, 9.17) is 9.84 Å². The normalized spacial score (nSPS) is 12.3. The van der Waals surface area contributed by atoms with Crippen LogP contribution in [0, 0.1) is 0 Å². The van der Waals surface area contributed by atoms with Crippen molar-refractivity contribution in [1.29, 1.82) is 0 Å². The van der Waals surface area contributed by atoms with Gasteiger partial charge in [-0.25, -0.2) is 4.79 Å². The third kappa shape index (κ3) is 4.54. The number of hydrogen-bond acceptors (Lipinski definition) is 4. The molecule has 0 saturated carbocycles. The molecule has 1 aromatic carbocycles. The summed E-state index contributed by atoms with van der Waals surface area (Å²) in [5.41, 5.74) is 1.27. The zero-order valence-electron chi connectivity index (χ0n) is 13.0. The smallest absolute Gasteiger partial charge is 0.344 e. The Hall–Kier alpha value is -2.89. The van der Waals surface area contributed by atoms with Crippen LogP contribution in [0.3, 0.4) is 0 Å². The highest BCUT2D eigenvalue weighted by molar-refractivity contribution is 6.06. The molecular formula is C17H18N2O4. The van der Waals surface area contributed by atoms with Crippen LogP contribution in [-0.4, -0.2) is 32.7 Å². The van der Waals surface area contributed by atoms with Gasteiger partial charge < -0.3 is 9.84 Å². The molecule has 1 aromatic heterocycles. The Morgan fingerprint density at radius 1 is 1.43 bits per heavy atom. The first-order valence-corrected chi connectivity index (χ1v) is 7.24. The largest absolute Gasteiger partial charge is 0.479 e. The number of aliphatic carboxylic acids is 1. The van der Waals surface area contributed by atoms with Crippen LogP contribution in [0.1, 0.15) is 29.8 Å². The summed E-state index contributed by atoms with van der Waals surface area (Å²) in [4.78, 5) is 22.8. The zero-order chi connectivity index (χ0) is 16.8. The van der Waals surface area contributed by atoms with E-state index in [2.05, 4.69) is 5.10 Å². The van der Waals surface area contributed by atoms with Crippen molar-refractivity contribution in [3.63, 3.8) is 0 Å². The number of hydrogen-bond donors (Lipinski definition) is 1. The maximum Gasteiger partial charge on any atom is 0.344 e. The lowest BCUT2D eigenvalue weighted by Crippen LogP contribution is -2.22. The van der Waals surface area contributed by atoms with Crippen LogP contribution in [0.4, 0.5) is 0 Å². The molecule has 1 N–H and O–H groups in total. The molecule has 0 aliphatic rings. The predicted octanol–water partition coefficient (Wildman–Crippen LogP) is 2.65. The molecule has 0 aliphatic heterocycles. The number of allylic oxidation sites excluding steroid dienone is 1. The van der Waals surface area contributed by atoms with Crippen LogP contribution < -0.4 is 4.74 Å². The number of carbonyl (C=O) groups excluding carboxylic acids is 1. The number of aromatic nitrogens is 2. The summed E-state index contributed by atoms with van der Waals surface area (Å²) in [6.45, 7) is 4.11. The van der Waals surface area contributed by atoms with Gasteiger partial charge in [0.05, 0.1) is 11.8 Å². The molecule has 1 atom stereocenters. The van der Waals surface area contributed by atoms with Crippen LogP contribution in [0.5, 0.6) is 5.75 Å². The average Bonchev–Trinajstić information content (AvgIpc) is 3.02. The van der Waals surface area contributed by atoms with Crippen molar-refractivity contribution < 1.29 is 19.4 Å².